The first-order valence-corrected chi connectivity index (χ1v) is 9.14. The molecule has 7 heteroatoms. The molecule has 1 atom stereocenters. The van der Waals surface area contributed by atoms with Crippen LogP contribution in [0.2, 0.25) is 0 Å². The van der Waals surface area contributed by atoms with Crippen molar-refractivity contribution in [2.24, 2.45) is 0 Å². The van der Waals surface area contributed by atoms with E-state index in [1.165, 1.54) is 0 Å². The van der Waals surface area contributed by atoms with E-state index >= 15 is 0 Å². The zero-order chi connectivity index (χ0) is 16.5. The Kier molecular flexibility index (Phi) is 5.42. The lowest BCUT2D eigenvalue weighted by atomic mass is 9.67. The van der Waals surface area contributed by atoms with Crippen molar-refractivity contribution in [2.45, 2.75) is 58.1 Å². The van der Waals surface area contributed by atoms with Crippen molar-refractivity contribution < 1.29 is 18.8 Å². The predicted octanol–water partition coefficient (Wildman–Crippen LogP) is 4.18. The minimum Gasteiger partial charge on any atom is -0.466 e. The van der Waals surface area contributed by atoms with Gasteiger partial charge in [-0.1, -0.05) is 0 Å². The van der Waals surface area contributed by atoms with E-state index in [-0.39, 0.29) is 18.2 Å². The SMILES string of the molecule is CCOC(=O)CC(B1OC(C)(C)C(C)(C)O1)c1cscc1Br. The first kappa shape index (κ1) is 18.0. The van der Waals surface area contributed by atoms with E-state index in [0.29, 0.717) is 6.61 Å². The number of hydrogen-bond acceptors (Lipinski definition) is 5. The van der Waals surface area contributed by atoms with Gasteiger partial charge in [0.1, 0.15) is 0 Å². The van der Waals surface area contributed by atoms with Gasteiger partial charge in [-0.25, -0.2) is 0 Å². The fourth-order valence-electron chi connectivity index (χ4n) is 2.36. The van der Waals surface area contributed by atoms with Crippen molar-refractivity contribution in [3.8, 4) is 0 Å². The molecular weight excluding hydrogens is 367 g/mol. The number of halogens is 1. The molecule has 4 nitrogen and oxygen atoms in total. The molecule has 0 aromatic carbocycles. The summed E-state index contributed by atoms with van der Waals surface area (Å²) in [5, 5.41) is 4.03. The first-order chi connectivity index (χ1) is 10.2. The molecule has 1 fully saturated rings. The molecule has 0 amide bonds. The van der Waals surface area contributed by atoms with Crippen LogP contribution in [-0.2, 0) is 18.8 Å². The van der Waals surface area contributed by atoms with Crippen LogP contribution in [0.15, 0.2) is 15.2 Å². The van der Waals surface area contributed by atoms with Gasteiger partial charge in [-0.05, 0) is 61.5 Å². The van der Waals surface area contributed by atoms with E-state index < -0.39 is 18.3 Å². The Bertz CT molecular complexity index is 527. The smallest absolute Gasteiger partial charge is 0.466 e. The molecule has 122 valence electrons. The Balaban J connectivity index is 2.26. The van der Waals surface area contributed by atoms with Gasteiger partial charge >= 0.3 is 13.1 Å². The summed E-state index contributed by atoms with van der Waals surface area (Å²) in [5.41, 5.74) is 0.178. The van der Waals surface area contributed by atoms with Gasteiger partial charge < -0.3 is 14.0 Å². The molecule has 1 aliphatic rings. The van der Waals surface area contributed by atoms with Crippen LogP contribution < -0.4 is 0 Å². The van der Waals surface area contributed by atoms with Gasteiger partial charge in [0.05, 0.1) is 24.2 Å². The minimum absolute atomic E-state index is 0.194. The lowest BCUT2D eigenvalue weighted by Gasteiger charge is -2.32. The predicted molar refractivity (Wildman–Crippen MR) is 92.1 cm³/mol. The van der Waals surface area contributed by atoms with Crippen LogP contribution in [0.4, 0.5) is 0 Å². The van der Waals surface area contributed by atoms with Crippen molar-refractivity contribution in [3.05, 3.63) is 20.8 Å². The molecule has 2 rings (SSSR count). The number of esters is 1. The molecule has 1 aliphatic heterocycles. The Morgan fingerprint density at radius 1 is 1.32 bits per heavy atom. The van der Waals surface area contributed by atoms with Gasteiger partial charge in [0.15, 0.2) is 0 Å². The molecule has 1 saturated heterocycles. The second kappa shape index (κ2) is 6.63. The van der Waals surface area contributed by atoms with Crippen molar-refractivity contribution >= 4 is 40.4 Å². The second-order valence-corrected chi connectivity index (χ2v) is 8.01. The molecule has 2 heterocycles. The third-order valence-corrected chi connectivity index (χ3v) is 6.09. The maximum atomic E-state index is 12.0. The van der Waals surface area contributed by atoms with Crippen LogP contribution in [0.25, 0.3) is 0 Å². The van der Waals surface area contributed by atoms with Crippen LogP contribution in [-0.4, -0.2) is 30.9 Å². The summed E-state index contributed by atoms with van der Waals surface area (Å²) >= 11 is 5.13. The van der Waals surface area contributed by atoms with E-state index in [0.717, 1.165) is 10.0 Å². The standard InChI is InChI=1S/C15H22BBrO4S/c1-6-19-13(18)7-11(10-8-22-9-12(10)17)16-20-14(2,3)15(4,5)21-16/h8-9,11H,6-7H2,1-5H3. The highest BCUT2D eigenvalue weighted by Gasteiger charge is 2.54. The molecule has 0 aliphatic carbocycles. The highest BCUT2D eigenvalue weighted by Crippen LogP contribution is 2.43. The van der Waals surface area contributed by atoms with Crippen molar-refractivity contribution in [1.82, 2.24) is 0 Å². The number of rotatable bonds is 5. The fraction of sp³-hybridized carbons (Fsp3) is 0.667. The summed E-state index contributed by atoms with van der Waals surface area (Å²) in [5.74, 6) is -0.430. The van der Waals surface area contributed by atoms with Gasteiger partial charge in [-0.3, -0.25) is 4.79 Å². The molecule has 1 aromatic heterocycles. The van der Waals surface area contributed by atoms with Gasteiger partial charge in [0.25, 0.3) is 0 Å². The molecule has 1 aromatic rings. The second-order valence-electron chi connectivity index (χ2n) is 6.42. The number of thiophene rings is 1. The average Bonchev–Trinajstić information content (AvgIpc) is 2.89. The molecule has 0 radical (unpaired) electrons. The van der Waals surface area contributed by atoms with E-state index in [2.05, 4.69) is 15.9 Å². The Labute approximate surface area is 144 Å². The van der Waals surface area contributed by atoms with Crippen molar-refractivity contribution in [2.75, 3.05) is 6.61 Å². The van der Waals surface area contributed by atoms with E-state index in [1.807, 2.05) is 45.4 Å². The first-order valence-electron chi connectivity index (χ1n) is 7.41. The highest BCUT2D eigenvalue weighted by atomic mass is 79.9. The van der Waals surface area contributed by atoms with Crippen molar-refractivity contribution in [1.29, 1.82) is 0 Å². The van der Waals surface area contributed by atoms with Crippen LogP contribution in [0.3, 0.4) is 0 Å². The Morgan fingerprint density at radius 3 is 2.36 bits per heavy atom. The van der Waals surface area contributed by atoms with Crippen LogP contribution in [0, 0.1) is 0 Å². The highest BCUT2D eigenvalue weighted by molar-refractivity contribution is 9.10. The van der Waals surface area contributed by atoms with Gasteiger partial charge in [0, 0.05) is 15.7 Å². The third kappa shape index (κ3) is 3.58. The molecule has 0 N–H and O–H groups in total. The zero-order valence-corrected chi connectivity index (χ0v) is 16.0. The number of carbonyl (C=O) groups is 1. The molecule has 1 unspecified atom stereocenters. The van der Waals surface area contributed by atoms with Gasteiger partial charge in [-0.2, -0.15) is 11.3 Å². The number of ether oxygens (including phenoxy) is 1. The average molecular weight is 389 g/mol. The van der Waals surface area contributed by atoms with E-state index in [4.69, 9.17) is 14.0 Å². The zero-order valence-electron chi connectivity index (χ0n) is 13.6. The maximum Gasteiger partial charge on any atom is 0.466 e. The molecule has 0 saturated carbocycles. The third-order valence-electron chi connectivity index (χ3n) is 4.33. The van der Waals surface area contributed by atoms with Crippen molar-refractivity contribution in [3.63, 3.8) is 0 Å². The fourth-order valence-corrected chi connectivity index (χ4v) is 4.02. The van der Waals surface area contributed by atoms with Crippen LogP contribution in [0.5, 0.6) is 0 Å². The van der Waals surface area contributed by atoms with E-state index in [9.17, 15) is 4.79 Å². The quantitative estimate of drug-likeness (QED) is 0.560. The molecular formula is C15H22BBrO4S. The largest absolute Gasteiger partial charge is 0.466 e. The summed E-state index contributed by atoms with van der Waals surface area (Å²) in [4.78, 5) is 12.0. The van der Waals surface area contributed by atoms with E-state index in [1.54, 1.807) is 11.3 Å². The van der Waals surface area contributed by atoms with Crippen LogP contribution in [0.1, 0.15) is 52.4 Å². The number of carbonyl (C=O) groups excluding carboxylic acids is 1. The summed E-state index contributed by atoms with van der Waals surface area (Å²) in [7, 11) is -0.472. The van der Waals surface area contributed by atoms with Crippen LogP contribution >= 0.6 is 27.3 Å². The Morgan fingerprint density at radius 2 is 1.91 bits per heavy atom. The lowest BCUT2D eigenvalue weighted by molar-refractivity contribution is -0.143. The van der Waals surface area contributed by atoms with Gasteiger partial charge in [0.2, 0.25) is 0 Å². The monoisotopic (exact) mass is 388 g/mol. The summed E-state index contributed by atoms with van der Waals surface area (Å²) in [6.07, 6.45) is 0.236. The summed E-state index contributed by atoms with van der Waals surface area (Å²) < 4.78 is 18.4. The topological polar surface area (TPSA) is 44.8 Å². The maximum absolute atomic E-state index is 12.0. The minimum atomic E-state index is -0.472. The molecule has 0 spiro atoms. The summed E-state index contributed by atoms with van der Waals surface area (Å²) in [6.45, 7) is 10.2. The van der Waals surface area contributed by atoms with Gasteiger partial charge in [-0.15, -0.1) is 0 Å². The molecule has 22 heavy (non-hydrogen) atoms. The normalized spacial score (nSPS) is 20.9. The number of hydrogen-bond donors (Lipinski definition) is 0. The Hall–Kier alpha value is -0.365. The molecule has 0 bridgehead atoms. The summed E-state index contributed by atoms with van der Waals surface area (Å²) in [6, 6.07) is 0. The lowest BCUT2D eigenvalue weighted by Crippen LogP contribution is -2.41.